The summed E-state index contributed by atoms with van der Waals surface area (Å²) >= 11 is 0. The maximum absolute atomic E-state index is 12.8. The number of aryl methyl sites for hydroxylation is 1. The van der Waals surface area contributed by atoms with Gasteiger partial charge in [-0.3, -0.25) is 0 Å². The topological polar surface area (TPSA) is 37.4 Å². The molecule has 0 N–H and O–H groups in total. The van der Waals surface area contributed by atoms with Crippen molar-refractivity contribution in [3.05, 3.63) is 65.2 Å². The summed E-state index contributed by atoms with van der Waals surface area (Å²) in [7, 11) is -2.30. The van der Waals surface area contributed by atoms with Gasteiger partial charge in [0.15, 0.2) is 0 Å². The summed E-state index contributed by atoms with van der Waals surface area (Å²) in [6.07, 6.45) is -3.98. The Hall–Kier alpha value is -1.86. The highest BCUT2D eigenvalue weighted by atomic mass is 32.2. The van der Waals surface area contributed by atoms with Gasteiger partial charge in [0.05, 0.1) is 10.5 Å². The lowest BCUT2D eigenvalue weighted by Crippen LogP contribution is -2.31. The zero-order valence-corrected chi connectivity index (χ0v) is 15.0. The van der Waals surface area contributed by atoms with E-state index < -0.39 is 27.8 Å². The van der Waals surface area contributed by atoms with Gasteiger partial charge >= 0.3 is 6.18 Å². The lowest BCUT2D eigenvalue weighted by Gasteiger charge is -2.27. The molecule has 0 fully saturated rings. The molecule has 0 aromatic heterocycles. The van der Waals surface area contributed by atoms with Crippen molar-refractivity contribution in [2.24, 2.45) is 0 Å². The van der Waals surface area contributed by atoms with Crippen LogP contribution >= 0.6 is 0 Å². The first-order valence-electron chi connectivity index (χ1n) is 7.79. The summed E-state index contributed by atoms with van der Waals surface area (Å²) < 4.78 is 64.9. The van der Waals surface area contributed by atoms with Crippen LogP contribution in [0, 0.1) is 6.92 Å². The van der Waals surface area contributed by atoms with Gasteiger partial charge in [0, 0.05) is 13.1 Å². The Morgan fingerprint density at radius 2 is 1.52 bits per heavy atom. The Labute approximate surface area is 146 Å². The number of benzene rings is 2. The van der Waals surface area contributed by atoms with Crippen molar-refractivity contribution in [1.82, 2.24) is 4.31 Å². The van der Waals surface area contributed by atoms with Crippen LogP contribution in [0.4, 0.5) is 13.2 Å². The van der Waals surface area contributed by atoms with Gasteiger partial charge in [0.1, 0.15) is 0 Å². The number of halogens is 3. The van der Waals surface area contributed by atoms with E-state index in [2.05, 4.69) is 0 Å². The Morgan fingerprint density at radius 1 is 1.00 bits per heavy atom. The first kappa shape index (κ1) is 19.5. The van der Waals surface area contributed by atoms with Crippen molar-refractivity contribution in [3.63, 3.8) is 0 Å². The highest BCUT2D eigenvalue weighted by Gasteiger charge is 2.32. The summed E-state index contributed by atoms with van der Waals surface area (Å²) in [5.41, 5.74) is 0.709. The van der Waals surface area contributed by atoms with Crippen LogP contribution < -0.4 is 0 Å². The van der Waals surface area contributed by atoms with Crippen LogP contribution in [0.3, 0.4) is 0 Å². The third-order valence-electron chi connectivity index (χ3n) is 4.15. The van der Waals surface area contributed by atoms with Crippen LogP contribution in [0.5, 0.6) is 0 Å². The maximum Gasteiger partial charge on any atom is 0.416 e. The predicted molar refractivity (Wildman–Crippen MR) is 90.6 cm³/mol. The molecule has 0 radical (unpaired) electrons. The molecule has 0 saturated carbocycles. The van der Waals surface area contributed by atoms with Gasteiger partial charge in [-0.15, -0.1) is 0 Å². The predicted octanol–water partition coefficient (Wildman–Crippen LogP) is 4.79. The summed E-state index contributed by atoms with van der Waals surface area (Å²) in [5, 5.41) is 0. The Balaban J connectivity index is 2.34. The number of hydrogen-bond donors (Lipinski definition) is 0. The number of hydrogen-bond acceptors (Lipinski definition) is 2. The number of rotatable bonds is 5. The van der Waals surface area contributed by atoms with Crippen molar-refractivity contribution in [1.29, 1.82) is 0 Å². The van der Waals surface area contributed by atoms with Gasteiger partial charge in [0.25, 0.3) is 0 Å². The third kappa shape index (κ3) is 4.22. The Morgan fingerprint density at radius 3 is 1.96 bits per heavy atom. The molecule has 0 aliphatic rings. The average molecular weight is 371 g/mol. The van der Waals surface area contributed by atoms with Crippen LogP contribution in [0.2, 0.25) is 0 Å². The highest BCUT2D eigenvalue weighted by molar-refractivity contribution is 7.89. The quantitative estimate of drug-likeness (QED) is 0.758. The first-order valence-corrected chi connectivity index (χ1v) is 9.23. The minimum absolute atomic E-state index is 0.158. The molecule has 2 rings (SSSR count). The zero-order chi connectivity index (χ0) is 18.8. The SMILES string of the molecule is CC[C@@H](c1ccc(C(F)(F)F)cc1)N(C)S(=O)(=O)c1ccc(C)cc1. The molecular formula is C18H20F3NO2S. The number of alkyl halides is 3. The molecule has 136 valence electrons. The molecule has 0 aliphatic carbocycles. The van der Waals surface area contributed by atoms with E-state index in [1.807, 2.05) is 6.92 Å². The van der Waals surface area contributed by atoms with Crippen LogP contribution in [-0.4, -0.2) is 19.8 Å². The number of nitrogens with zero attached hydrogens (tertiary/aromatic N) is 1. The average Bonchev–Trinajstić information content (AvgIpc) is 2.55. The van der Waals surface area contributed by atoms with Gasteiger partial charge < -0.3 is 0 Å². The second kappa shape index (κ2) is 7.17. The van der Waals surface area contributed by atoms with Gasteiger partial charge in [-0.1, -0.05) is 36.8 Å². The molecule has 1 atom stereocenters. The molecule has 0 spiro atoms. The van der Waals surface area contributed by atoms with Crippen molar-refractivity contribution < 1.29 is 21.6 Å². The zero-order valence-electron chi connectivity index (χ0n) is 14.2. The third-order valence-corrected chi connectivity index (χ3v) is 6.03. The lowest BCUT2D eigenvalue weighted by molar-refractivity contribution is -0.137. The van der Waals surface area contributed by atoms with Gasteiger partial charge in [0.2, 0.25) is 10.0 Å². The smallest absolute Gasteiger partial charge is 0.207 e. The molecule has 7 heteroatoms. The van der Waals surface area contributed by atoms with Gasteiger partial charge in [-0.2, -0.15) is 17.5 Å². The normalized spacial score (nSPS) is 13.9. The van der Waals surface area contributed by atoms with Crippen LogP contribution in [-0.2, 0) is 16.2 Å². The molecule has 3 nitrogen and oxygen atoms in total. The van der Waals surface area contributed by atoms with E-state index in [0.29, 0.717) is 12.0 Å². The molecule has 25 heavy (non-hydrogen) atoms. The summed E-state index contributed by atoms with van der Waals surface area (Å²) in [6, 6.07) is 10.5. The summed E-state index contributed by atoms with van der Waals surface area (Å²) in [4.78, 5) is 0.158. The standard InChI is InChI=1S/C18H20F3NO2S/c1-4-17(14-7-9-15(10-8-14)18(19,20)21)22(3)25(23,24)16-11-5-13(2)6-12-16/h5-12,17H,4H2,1-3H3/t17-/m0/s1. The molecule has 0 unspecified atom stereocenters. The van der Waals surface area contributed by atoms with E-state index in [1.54, 1.807) is 19.1 Å². The van der Waals surface area contributed by atoms with E-state index in [0.717, 1.165) is 17.7 Å². The minimum Gasteiger partial charge on any atom is -0.207 e. The van der Waals surface area contributed by atoms with E-state index in [1.165, 1.54) is 35.6 Å². The molecule has 0 heterocycles. The van der Waals surface area contributed by atoms with Crippen LogP contribution in [0.15, 0.2) is 53.4 Å². The van der Waals surface area contributed by atoms with E-state index >= 15 is 0 Å². The Kier molecular flexibility index (Phi) is 5.58. The minimum atomic E-state index is -4.42. The Bertz CT molecular complexity index is 813. The second-order valence-electron chi connectivity index (χ2n) is 5.88. The molecule has 0 saturated heterocycles. The molecule has 0 bridgehead atoms. The second-order valence-corrected chi connectivity index (χ2v) is 7.88. The highest BCUT2D eigenvalue weighted by Crippen LogP contribution is 2.33. The van der Waals surface area contributed by atoms with Crippen LogP contribution in [0.25, 0.3) is 0 Å². The maximum atomic E-state index is 12.8. The van der Waals surface area contributed by atoms with Crippen molar-refractivity contribution in [2.45, 2.75) is 37.4 Å². The summed E-state index contributed by atoms with van der Waals surface area (Å²) in [6.45, 7) is 3.65. The van der Waals surface area contributed by atoms with Crippen molar-refractivity contribution >= 4 is 10.0 Å². The van der Waals surface area contributed by atoms with Crippen molar-refractivity contribution in [2.75, 3.05) is 7.05 Å². The van der Waals surface area contributed by atoms with Gasteiger partial charge in [-0.25, -0.2) is 8.42 Å². The number of sulfonamides is 1. The summed E-state index contributed by atoms with van der Waals surface area (Å²) in [5.74, 6) is 0. The molecule has 2 aromatic rings. The molecule has 0 amide bonds. The first-order chi connectivity index (χ1) is 11.6. The fraction of sp³-hybridized carbons (Fsp3) is 0.333. The molecule has 2 aromatic carbocycles. The fourth-order valence-corrected chi connectivity index (χ4v) is 4.06. The van der Waals surface area contributed by atoms with Crippen LogP contribution in [0.1, 0.15) is 36.1 Å². The van der Waals surface area contributed by atoms with E-state index in [9.17, 15) is 21.6 Å². The van der Waals surface area contributed by atoms with Crippen molar-refractivity contribution in [3.8, 4) is 0 Å². The fourth-order valence-electron chi connectivity index (χ4n) is 2.64. The van der Waals surface area contributed by atoms with E-state index in [4.69, 9.17) is 0 Å². The van der Waals surface area contributed by atoms with E-state index in [-0.39, 0.29) is 4.90 Å². The lowest BCUT2D eigenvalue weighted by atomic mass is 10.0. The molecule has 0 aliphatic heterocycles. The van der Waals surface area contributed by atoms with Gasteiger partial charge in [-0.05, 0) is 43.2 Å². The largest absolute Gasteiger partial charge is 0.416 e. The molecular weight excluding hydrogens is 351 g/mol. The monoisotopic (exact) mass is 371 g/mol.